The van der Waals surface area contributed by atoms with E-state index in [1.54, 1.807) is 0 Å². The number of unbranched alkanes of at least 4 members (excludes halogenated alkanes) is 2. The number of hydrogen-bond donors (Lipinski definition) is 1. The SMILES string of the molecule is Cn1c(CCCCCNC(=O)C(C)(C)C)nc2ccccc21. The number of benzene rings is 1. The van der Waals surface area contributed by atoms with Crippen LogP contribution in [0.15, 0.2) is 24.3 Å². The summed E-state index contributed by atoms with van der Waals surface area (Å²) in [6.45, 7) is 6.58. The Bertz CT molecular complexity index is 637. The predicted molar refractivity (Wildman–Crippen MR) is 90.7 cm³/mol. The minimum Gasteiger partial charge on any atom is -0.356 e. The van der Waals surface area contributed by atoms with E-state index in [4.69, 9.17) is 0 Å². The summed E-state index contributed by atoms with van der Waals surface area (Å²) in [6, 6.07) is 8.23. The zero-order chi connectivity index (χ0) is 16.2. The van der Waals surface area contributed by atoms with Crippen molar-refractivity contribution in [2.24, 2.45) is 12.5 Å². The molecule has 0 spiro atoms. The van der Waals surface area contributed by atoms with E-state index in [1.165, 1.54) is 5.52 Å². The molecule has 0 aliphatic carbocycles. The molecule has 0 radical (unpaired) electrons. The van der Waals surface area contributed by atoms with E-state index >= 15 is 0 Å². The van der Waals surface area contributed by atoms with Crippen molar-refractivity contribution in [2.75, 3.05) is 6.54 Å². The molecule has 0 bridgehead atoms. The van der Waals surface area contributed by atoms with Crippen molar-refractivity contribution in [3.05, 3.63) is 30.1 Å². The number of nitrogens with one attached hydrogen (secondary N) is 1. The number of fused-ring (bicyclic) bond motifs is 1. The summed E-state index contributed by atoms with van der Waals surface area (Å²) in [6.07, 6.45) is 4.21. The minimum atomic E-state index is -0.299. The van der Waals surface area contributed by atoms with Crippen molar-refractivity contribution in [3.8, 4) is 0 Å². The smallest absolute Gasteiger partial charge is 0.225 e. The number of para-hydroxylation sites is 2. The number of rotatable bonds is 6. The Kier molecular flexibility index (Phi) is 5.22. The monoisotopic (exact) mass is 301 g/mol. The number of carbonyl (C=O) groups excluding carboxylic acids is 1. The fourth-order valence-corrected chi connectivity index (χ4v) is 2.47. The molecule has 0 fully saturated rings. The summed E-state index contributed by atoms with van der Waals surface area (Å²) in [5.74, 6) is 1.27. The van der Waals surface area contributed by atoms with Crippen molar-refractivity contribution in [1.82, 2.24) is 14.9 Å². The second-order valence-corrected chi connectivity index (χ2v) is 6.89. The molecule has 1 N–H and O–H groups in total. The maximum absolute atomic E-state index is 11.7. The molecule has 1 aromatic heterocycles. The Morgan fingerprint density at radius 1 is 1.18 bits per heavy atom. The third-order valence-electron chi connectivity index (χ3n) is 3.92. The van der Waals surface area contributed by atoms with E-state index in [0.717, 1.165) is 43.6 Å². The number of hydrogen-bond acceptors (Lipinski definition) is 2. The summed E-state index contributed by atoms with van der Waals surface area (Å²) < 4.78 is 2.18. The number of carbonyl (C=O) groups is 1. The van der Waals surface area contributed by atoms with Gasteiger partial charge in [-0.2, -0.15) is 0 Å². The van der Waals surface area contributed by atoms with Crippen LogP contribution in [0.5, 0.6) is 0 Å². The van der Waals surface area contributed by atoms with Gasteiger partial charge in [-0.15, -0.1) is 0 Å². The lowest BCUT2D eigenvalue weighted by molar-refractivity contribution is -0.128. The summed E-state index contributed by atoms with van der Waals surface area (Å²) in [5.41, 5.74) is 1.96. The standard InChI is InChI=1S/C18H27N3O/c1-18(2,3)17(22)19-13-9-5-6-12-16-20-14-10-7-8-11-15(14)21(16)4/h7-8,10-11H,5-6,9,12-13H2,1-4H3,(H,19,22). The highest BCUT2D eigenvalue weighted by molar-refractivity contribution is 5.81. The van der Waals surface area contributed by atoms with E-state index in [-0.39, 0.29) is 11.3 Å². The molecule has 4 nitrogen and oxygen atoms in total. The molecule has 0 aliphatic heterocycles. The van der Waals surface area contributed by atoms with Gasteiger partial charge in [0.25, 0.3) is 0 Å². The van der Waals surface area contributed by atoms with Crippen LogP contribution in [0.25, 0.3) is 11.0 Å². The first-order valence-electron chi connectivity index (χ1n) is 8.08. The summed E-state index contributed by atoms with van der Waals surface area (Å²) in [7, 11) is 2.08. The second kappa shape index (κ2) is 6.95. The summed E-state index contributed by atoms with van der Waals surface area (Å²) in [4.78, 5) is 16.4. The number of aromatic nitrogens is 2. The molecular formula is C18H27N3O. The van der Waals surface area contributed by atoms with Gasteiger partial charge in [0.05, 0.1) is 11.0 Å². The number of nitrogens with zero attached hydrogens (tertiary/aromatic N) is 2. The van der Waals surface area contributed by atoms with Crippen molar-refractivity contribution in [3.63, 3.8) is 0 Å². The van der Waals surface area contributed by atoms with Gasteiger partial charge in [-0.3, -0.25) is 4.79 Å². The molecule has 0 atom stereocenters. The summed E-state index contributed by atoms with van der Waals surface area (Å²) >= 11 is 0. The average molecular weight is 301 g/mol. The molecule has 0 unspecified atom stereocenters. The topological polar surface area (TPSA) is 46.9 Å². The molecule has 0 aliphatic rings. The Labute approximate surface area is 132 Å². The minimum absolute atomic E-state index is 0.128. The molecule has 2 aromatic rings. The van der Waals surface area contributed by atoms with Gasteiger partial charge >= 0.3 is 0 Å². The van der Waals surface area contributed by atoms with Crippen LogP contribution in [0.3, 0.4) is 0 Å². The number of aryl methyl sites for hydroxylation is 2. The van der Waals surface area contributed by atoms with E-state index in [9.17, 15) is 4.79 Å². The quantitative estimate of drug-likeness (QED) is 0.831. The van der Waals surface area contributed by atoms with Gasteiger partial charge < -0.3 is 9.88 Å². The lowest BCUT2D eigenvalue weighted by atomic mass is 9.96. The van der Waals surface area contributed by atoms with E-state index in [0.29, 0.717) is 0 Å². The van der Waals surface area contributed by atoms with Gasteiger partial charge in [0.2, 0.25) is 5.91 Å². The molecule has 0 saturated heterocycles. The van der Waals surface area contributed by atoms with Crippen LogP contribution in [-0.4, -0.2) is 22.0 Å². The largest absolute Gasteiger partial charge is 0.356 e. The highest BCUT2D eigenvalue weighted by Crippen LogP contribution is 2.16. The van der Waals surface area contributed by atoms with E-state index in [2.05, 4.69) is 34.0 Å². The molecule has 1 heterocycles. The number of imidazole rings is 1. The van der Waals surface area contributed by atoms with Crippen molar-refractivity contribution < 1.29 is 4.79 Å². The van der Waals surface area contributed by atoms with Gasteiger partial charge in [-0.05, 0) is 25.0 Å². The van der Waals surface area contributed by atoms with Crippen LogP contribution >= 0.6 is 0 Å². The first-order chi connectivity index (χ1) is 10.4. The van der Waals surface area contributed by atoms with Crippen LogP contribution in [0.4, 0.5) is 0 Å². The molecule has 4 heteroatoms. The molecule has 120 valence electrons. The lowest BCUT2D eigenvalue weighted by Gasteiger charge is -2.17. The molecular weight excluding hydrogens is 274 g/mol. The van der Waals surface area contributed by atoms with Crippen LogP contribution in [0, 0.1) is 5.41 Å². The van der Waals surface area contributed by atoms with Crippen molar-refractivity contribution >= 4 is 16.9 Å². The summed E-state index contributed by atoms with van der Waals surface area (Å²) in [5, 5.41) is 2.99. The zero-order valence-corrected chi connectivity index (χ0v) is 14.1. The molecule has 2 rings (SSSR count). The van der Waals surface area contributed by atoms with Crippen LogP contribution in [0.1, 0.15) is 45.9 Å². The van der Waals surface area contributed by atoms with Crippen LogP contribution in [0.2, 0.25) is 0 Å². The highest BCUT2D eigenvalue weighted by Gasteiger charge is 2.20. The third-order valence-corrected chi connectivity index (χ3v) is 3.92. The maximum Gasteiger partial charge on any atom is 0.225 e. The van der Waals surface area contributed by atoms with Crippen molar-refractivity contribution in [2.45, 2.75) is 46.5 Å². The lowest BCUT2D eigenvalue weighted by Crippen LogP contribution is -2.35. The van der Waals surface area contributed by atoms with Crippen molar-refractivity contribution in [1.29, 1.82) is 0 Å². The Morgan fingerprint density at radius 3 is 2.59 bits per heavy atom. The molecule has 0 saturated carbocycles. The van der Waals surface area contributed by atoms with Gasteiger partial charge in [0.15, 0.2) is 0 Å². The zero-order valence-electron chi connectivity index (χ0n) is 14.1. The molecule has 1 aromatic carbocycles. The second-order valence-electron chi connectivity index (χ2n) is 6.89. The van der Waals surface area contributed by atoms with Crippen LogP contribution in [-0.2, 0) is 18.3 Å². The van der Waals surface area contributed by atoms with Gasteiger partial charge in [-0.1, -0.05) is 39.3 Å². The Morgan fingerprint density at radius 2 is 1.91 bits per heavy atom. The first-order valence-corrected chi connectivity index (χ1v) is 8.08. The molecule has 1 amide bonds. The Balaban J connectivity index is 1.72. The fraction of sp³-hybridized carbons (Fsp3) is 0.556. The van der Waals surface area contributed by atoms with Gasteiger partial charge in [0, 0.05) is 25.4 Å². The normalized spacial score (nSPS) is 11.8. The highest BCUT2D eigenvalue weighted by atomic mass is 16.2. The molecule has 22 heavy (non-hydrogen) atoms. The van der Waals surface area contributed by atoms with E-state index < -0.39 is 0 Å². The fourth-order valence-electron chi connectivity index (χ4n) is 2.47. The predicted octanol–water partition coefficient (Wildman–Crippen LogP) is 3.45. The van der Waals surface area contributed by atoms with Gasteiger partial charge in [-0.25, -0.2) is 4.98 Å². The average Bonchev–Trinajstić information content (AvgIpc) is 2.78. The maximum atomic E-state index is 11.7. The third kappa shape index (κ3) is 4.09. The number of amides is 1. The van der Waals surface area contributed by atoms with Crippen LogP contribution < -0.4 is 5.32 Å². The Hall–Kier alpha value is -1.84. The van der Waals surface area contributed by atoms with Gasteiger partial charge in [0.1, 0.15) is 5.82 Å². The first kappa shape index (κ1) is 16.5. The van der Waals surface area contributed by atoms with E-state index in [1.807, 2.05) is 32.9 Å².